The fraction of sp³-hybridized carbons (Fsp3) is 0.0526. The van der Waals surface area contributed by atoms with Crippen LogP contribution < -0.4 is 15.3 Å². The summed E-state index contributed by atoms with van der Waals surface area (Å²) >= 11 is 54.8. The Kier molecular flexibility index (Phi) is 8.43. The van der Waals surface area contributed by atoms with Crippen molar-refractivity contribution in [2.24, 2.45) is 0 Å². The number of anilines is 3. The van der Waals surface area contributed by atoms with E-state index >= 15 is 0 Å². The van der Waals surface area contributed by atoms with Crippen LogP contribution >= 0.6 is 101 Å². The molecular formula is C19H12Cl9NSi2. The molecule has 3 aromatic carbocycles. The highest BCUT2D eigenvalue weighted by molar-refractivity contribution is 7.70. The molecule has 0 saturated carbocycles. The zero-order chi connectivity index (χ0) is 23.0. The van der Waals surface area contributed by atoms with Gasteiger partial charge < -0.3 is 4.90 Å². The molecule has 164 valence electrons. The van der Waals surface area contributed by atoms with E-state index in [1.165, 1.54) is 0 Å². The Morgan fingerprint density at radius 2 is 0.774 bits per heavy atom. The van der Waals surface area contributed by atoms with Crippen molar-refractivity contribution in [3.8, 4) is 0 Å². The smallest absolute Gasteiger partial charge is 0.311 e. The summed E-state index contributed by atoms with van der Waals surface area (Å²) < 4.78 is -1.52. The zero-order valence-corrected chi connectivity index (χ0v) is 24.1. The lowest BCUT2D eigenvalue weighted by atomic mass is 10.1. The summed E-state index contributed by atoms with van der Waals surface area (Å²) in [5.74, 6) is 0. The molecule has 3 rings (SSSR count). The number of benzene rings is 3. The Morgan fingerprint density at radius 3 is 1.03 bits per heavy atom. The molecule has 0 aliphatic carbocycles. The van der Waals surface area contributed by atoms with E-state index in [4.69, 9.17) is 101 Å². The molecule has 0 unspecified atom stereocenters. The molecule has 0 atom stereocenters. The maximum atomic E-state index is 6.13. The van der Waals surface area contributed by atoms with Gasteiger partial charge in [0.05, 0.1) is 0 Å². The predicted octanol–water partition coefficient (Wildman–Crippen LogP) is 8.71. The summed E-state index contributed by atoms with van der Waals surface area (Å²) in [5, 5.41) is 1.37. The molecule has 0 N–H and O–H groups in total. The van der Waals surface area contributed by atoms with Gasteiger partial charge in [-0.2, -0.15) is 0 Å². The molecule has 0 spiro atoms. The quantitative estimate of drug-likeness (QED) is 0.155. The predicted molar refractivity (Wildman–Crippen MR) is 146 cm³/mol. The molecule has 0 heterocycles. The van der Waals surface area contributed by atoms with Gasteiger partial charge in [0, 0.05) is 22.6 Å². The summed E-state index contributed by atoms with van der Waals surface area (Å²) in [6.45, 7) is 0. The van der Waals surface area contributed by atoms with Crippen LogP contribution in [-0.2, 0) is 3.79 Å². The Morgan fingerprint density at radius 1 is 0.484 bits per heavy atom. The van der Waals surface area contributed by atoms with Crippen LogP contribution in [0.15, 0.2) is 72.8 Å². The fourth-order valence-electron chi connectivity index (χ4n) is 2.85. The second-order valence-electron chi connectivity index (χ2n) is 6.47. The van der Waals surface area contributed by atoms with Crippen LogP contribution in [0.2, 0.25) is 0 Å². The Labute approximate surface area is 225 Å². The second-order valence-corrected chi connectivity index (χ2v) is 25.6. The average Bonchev–Trinajstić information content (AvgIpc) is 2.67. The van der Waals surface area contributed by atoms with Crippen molar-refractivity contribution < 1.29 is 0 Å². The number of hydrogen-bond acceptors (Lipinski definition) is 1. The standard InChI is InChI=1S/C19H12Cl9NSi2/c20-19(21,22)13-1-3-14(4-2-13)29(15-5-9-17(10-6-15)30(23,24)25)16-7-11-18(12-8-16)31(26,27)28/h1-12H. The van der Waals surface area contributed by atoms with Crippen molar-refractivity contribution in [3.63, 3.8) is 0 Å². The molecular weight excluding hydrogens is 617 g/mol. The van der Waals surface area contributed by atoms with Crippen molar-refractivity contribution in [2.75, 3.05) is 4.90 Å². The molecule has 0 amide bonds. The third kappa shape index (κ3) is 6.77. The van der Waals surface area contributed by atoms with Gasteiger partial charge in [0.1, 0.15) is 0 Å². The number of halogens is 9. The lowest BCUT2D eigenvalue weighted by molar-refractivity contribution is 1.22. The zero-order valence-electron chi connectivity index (χ0n) is 15.3. The van der Waals surface area contributed by atoms with Gasteiger partial charge in [-0.3, -0.25) is 0 Å². The van der Waals surface area contributed by atoms with E-state index in [1.807, 2.05) is 41.3 Å². The van der Waals surface area contributed by atoms with E-state index in [9.17, 15) is 0 Å². The first-order valence-corrected chi connectivity index (χ1v) is 19.8. The molecule has 0 bridgehead atoms. The largest absolute Gasteiger partial charge is 0.372 e. The minimum atomic E-state index is -2.99. The van der Waals surface area contributed by atoms with Crippen molar-refractivity contribution in [2.45, 2.75) is 3.79 Å². The van der Waals surface area contributed by atoms with Gasteiger partial charge >= 0.3 is 12.0 Å². The fourth-order valence-corrected chi connectivity index (χ4v) is 6.58. The monoisotopic (exact) mass is 625 g/mol. The Hall–Kier alpha value is 0.504. The highest BCUT2D eigenvalue weighted by Crippen LogP contribution is 2.40. The van der Waals surface area contributed by atoms with Gasteiger partial charge in [-0.1, -0.05) is 71.2 Å². The number of hydrogen-bond donors (Lipinski definition) is 0. The van der Waals surface area contributed by atoms with E-state index in [2.05, 4.69) is 0 Å². The molecule has 0 aliphatic rings. The second kappa shape index (κ2) is 10.0. The maximum Gasteiger partial charge on any atom is 0.372 e. The van der Waals surface area contributed by atoms with Crippen LogP contribution in [0, 0.1) is 0 Å². The molecule has 0 saturated heterocycles. The van der Waals surface area contributed by atoms with Crippen molar-refractivity contribution in [1.82, 2.24) is 0 Å². The van der Waals surface area contributed by atoms with E-state index in [1.54, 1.807) is 36.4 Å². The van der Waals surface area contributed by atoms with Gasteiger partial charge in [0.15, 0.2) is 0 Å². The van der Waals surface area contributed by atoms with Crippen LogP contribution in [0.3, 0.4) is 0 Å². The topological polar surface area (TPSA) is 3.24 Å². The normalized spacial score (nSPS) is 12.7. The van der Waals surface area contributed by atoms with Crippen molar-refractivity contribution in [3.05, 3.63) is 78.4 Å². The summed E-state index contributed by atoms with van der Waals surface area (Å²) in [5.41, 5.74) is 3.06. The van der Waals surface area contributed by atoms with E-state index < -0.39 is 15.8 Å². The number of alkyl halides is 3. The van der Waals surface area contributed by atoms with E-state index in [-0.39, 0.29) is 0 Å². The minimum Gasteiger partial charge on any atom is -0.311 e. The third-order valence-electron chi connectivity index (χ3n) is 4.36. The molecule has 0 aliphatic heterocycles. The Balaban J connectivity index is 2.08. The molecule has 0 fully saturated rings. The first-order valence-electron chi connectivity index (χ1n) is 8.59. The van der Waals surface area contributed by atoms with Crippen LogP contribution in [0.1, 0.15) is 5.56 Å². The minimum absolute atomic E-state index is 0.552. The summed E-state index contributed by atoms with van der Waals surface area (Å²) in [4.78, 5) is 2.00. The SMILES string of the molecule is ClC(Cl)(Cl)c1ccc(N(c2ccc([Si](Cl)(Cl)Cl)cc2)c2ccc([Si](Cl)(Cl)Cl)cc2)cc1. The first-order chi connectivity index (χ1) is 14.3. The summed E-state index contributed by atoms with van der Waals surface area (Å²) in [6, 6.07) is 16.0. The van der Waals surface area contributed by atoms with Gasteiger partial charge in [0.25, 0.3) is 0 Å². The lowest BCUT2D eigenvalue weighted by Crippen LogP contribution is -2.30. The highest BCUT2D eigenvalue weighted by atomic mass is 35.8. The highest BCUT2D eigenvalue weighted by Gasteiger charge is 2.29. The van der Waals surface area contributed by atoms with Crippen LogP contribution in [0.25, 0.3) is 0 Å². The molecule has 31 heavy (non-hydrogen) atoms. The lowest BCUT2D eigenvalue weighted by Gasteiger charge is -2.27. The summed E-state index contributed by atoms with van der Waals surface area (Å²) in [7, 11) is 0. The van der Waals surface area contributed by atoms with Crippen molar-refractivity contribution >= 4 is 141 Å². The van der Waals surface area contributed by atoms with Gasteiger partial charge in [-0.05, 0) is 46.8 Å². The Bertz CT molecular complexity index is 886. The number of nitrogens with zero attached hydrogens (tertiary/aromatic N) is 1. The van der Waals surface area contributed by atoms with Gasteiger partial charge in [-0.15, -0.1) is 66.5 Å². The number of rotatable bonds is 5. The van der Waals surface area contributed by atoms with Crippen molar-refractivity contribution in [1.29, 1.82) is 0 Å². The molecule has 3 aromatic rings. The average molecular weight is 630 g/mol. The molecule has 0 radical (unpaired) electrons. The van der Waals surface area contributed by atoms with Gasteiger partial charge in [-0.25, -0.2) is 0 Å². The van der Waals surface area contributed by atoms with Crippen LogP contribution in [0.5, 0.6) is 0 Å². The molecule has 12 heteroatoms. The van der Waals surface area contributed by atoms with Crippen LogP contribution in [-0.4, -0.2) is 12.0 Å². The van der Waals surface area contributed by atoms with Gasteiger partial charge in [0.2, 0.25) is 3.79 Å². The maximum absolute atomic E-state index is 6.13. The molecule has 1 nitrogen and oxygen atoms in total. The van der Waals surface area contributed by atoms with Crippen LogP contribution in [0.4, 0.5) is 17.1 Å². The van der Waals surface area contributed by atoms with E-state index in [0.29, 0.717) is 15.9 Å². The molecule has 0 aromatic heterocycles. The summed E-state index contributed by atoms with van der Waals surface area (Å²) in [6.07, 6.45) is 0. The third-order valence-corrected chi connectivity index (χ3v) is 10.9. The van der Waals surface area contributed by atoms with E-state index in [0.717, 1.165) is 17.1 Å². The first kappa shape index (κ1) is 26.1.